The molecule has 0 fully saturated rings. The summed E-state index contributed by atoms with van der Waals surface area (Å²) in [4.78, 5) is 21.4. The first-order valence-electron chi connectivity index (χ1n) is 8.87. The number of anilines is 1. The smallest absolute Gasteiger partial charge is 0.269 e. The van der Waals surface area contributed by atoms with Crippen LogP contribution in [-0.4, -0.2) is 16.9 Å². The average molecular weight is 371 g/mol. The van der Waals surface area contributed by atoms with E-state index >= 15 is 0 Å². The molecule has 6 heteroatoms. The Bertz CT molecular complexity index is 1030. The van der Waals surface area contributed by atoms with Crippen LogP contribution in [0.2, 0.25) is 0 Å². The first kappa shape index (κ1) is 17.6. The van der Waals surface area contributed by atoms with Gasteiger partial charge in [0, 0.05) is 24.1 Å². The summed E-state index contributed by atoms with van der Waals surface area (Å²) in [5, 5.41) is 17.7. The molecule has 138 valence electrons. The summed E-state index contributed by atoms with van der Waals surface area (Å²) in [5.74, 6) is 0. The largest absolute Gasteiger partial charge is 0.298 e. The molecule has 0 spiro atoms. The summed E-state index contributed by atoms with van der Waals surface area (Å²) in [7, 11) is 0. The zero-order valence-electron chi connectivity index (χ0n) is 14.9. The molecule has 0 amide bonds. The van der Waals surface area contributed by atoms with Crippen LogP contribution < -0.4 is 5.01 Å². The van der Waals surface area contributed by atoms with Crippen molar-refractivity contribution in [2.24, 2.45) is 5.10 Å². The van der Waals surface area contributed by atoms with E-state index in [1.165, 1.54) is 12.1 Å². The number of aldehydes is 1. The second-order valence-corrected chi connectivity index (χ2v) is 6.54. The van der Waals surface area contributed by atoms with Crippen molar-refractivity contribution in [3.05, 3.63) is 106 Å². The van der Waals surface area contributed by atoms with E-state index in [0.29, 0.717) is 12.0 Å². The molecule has 6 nitrogen and oxygen atoms in total. The molecular formula is C22H17N3O3. The molecule has 1 heterocycles. The summed E-state index contributed by atoms with van der Waals surface area (Å²) in [6.45, 7) is 0. The summed E-state index contributed by atoms with van der Waals surface area (Å²) >= 11 is 0. The van der Waals surface area contributed by atoms with E-state index < -0.39 is 4.92 Å². The number of benzene rings is 3. The van der Waals surface area contributed by atoms with Crippen LogP contribution in [0.15, 0.2) is 84.0 Å². The molecule has 0 radical (unpaired) electrons. The van der Waals surface area contributed by atoms with Crippen molar-refractivity contribution in [3.8, 4) is 0 Å². The lowest BCUT2D eigenvalue weighted by molar-refractivity contribution is -0.384. The molecule has 1 aliphatic heterocycles. The molecule has 0 aromatic heterocycles. The second-order valence-electron chi connectivity index (χ2n) is 6.54. The van der Waals surface area contributed by atoms with Crippen LogP contribution in [0.4, 0.5) is 11.4 Å². The molecule has 0 saturated carbocycles. The molecule has 0 unspecified atom stereocenters. The number of non-ortho nitro benzene ring substituents is 1. The van der Waals surface area contributed by atoms with Gasteiger partial charge in [0.15, 0.2) is 0 Å². The fourth-order valence-electron chi connectivity index (χ4n) is 3.34. The maximum atomic E-state index is 10.9. The first-order valence-corrected chi connectivity index (χ1v) is 8.87. The van der Waals surface area contributed by atoms with Crippen LogP contribution >= 0.6 is 0 Å². The molecule has 0 N–H and O–H groups in total. The quantitative estimate of drug-likeness (QED) is 0.368. The number of hydrazone groups is 1. The first-order chi connectivity index (χ1) is 13.7. The van der Waals surface area contributed by atoms with Crippen LogP contribution in [0.5, 0.6) is 0 Å². The van der Waals surface area contributed by atoms with Gasteiger partial charge >= 0.3 is 0 Å². The SMILES string of the molecule is O=Cc1ccc(N2N=C(c3ccc([N+](=O)[O-])cc3)C[C@H]2c2ccccc2)cc1. The van der Waals surface area contributed by atoms with E-state index in [9.17, 15) is 14.9 Å². The summed E-state index contributed by atoms with van der Waals surface area (Å²) in [5.41, 5.74) is 4.41. The number of rotatable bonds is 5. The molecule has 3 aromatic carbocycles. The highest BCUT2D eigenvalue weighted by Gasteiger charge is 2.30. The topological polar surface area (TPSA) is 75.8 Å². The van der Waals surface area contributed by atoms with Gasteiger partial charge in [-0.2, -0.15) is 5.10 Å². The van der Waals surface area contributed by atoms with E-state index in [1.54, 1.807) is 24.3 Å². The van der Waals surface area contributed by atoms with E-state index in [1.807, 2.05) is 35.3 Å². The van der Waals surface area contributed by atoms with E-state index in [4.69, 9.17) is 5.10 Å². The Hall–Kier alpha value is -3.80. The van der Waals surface area contributed by atoms with Crippen molar-refractivity contribution < 1.29 is 9.72 Å². The average Bonchev–Trinajstić information content (AvgIpc) is 3.20. The van der Waals surface area contributed by atoms with E-state index in [-0.39, 0.29) is 11.7 Å². The third-order valence-corrected chi connectivity index (χ3v) is 4.80. The van der Waals surface area contributed by atoms with Crippen molar-refractivity contribution >= 4 is 23.4 Å². The van der Waals surface area contributed by atoms with Crippen molar-refractivity contribution in [2.45, 2.75) is 12.5 Å². The lowest BCUT2D eigenvalue weighted by Crippen LogP contribution is -2.18. The van der Waals surface area contributed by atoms with Crippen LogP contribution in [0.1, 0.15) is 33.9 Å². The van der Waals surface area contributed by atoms with Crippen molar-refractivity contribution in [1.82, 2.24) is 0 Å². The second kappa shape index (κ2) is 7.44. The fraction of sp³-hybridized carbons (Fsp3) is 0.0909. The van der Waals surface area contributed by atoms with Gasteiger partial charge in [0.1, 0.15) is 6.29 Å². The molecule has 28 heavy (non-hydrogen) atoms. The van der Waals surface area contributed by atoms with E-state index in [2.05, 4.69) is 12.1 Å². The molecule has 0 saturated heterocycles. The number of nitro benzene ring substituents is 1. The molecule has 0 bridgehead atoms. The molecule has 4 rings (SSSR count). The Kier molecular flexibility index (Phi) is 4.68. The third-order valence-electron chi connectivity index (χ3n) is 4.80. The minimum absolute atomic E-state index is 0.00785. The number of hydrogen-bond donors (Lipinski definition) is 0. The summed E-state index contributed by atoms with van der Waals surface area (Å²) in [6.07, 6.45) is 1.49. The number of nitro groups is 1. The highest BCUT2D eigenvalue weighted by atomic mass is 16.6. The van der Waals surface area contributed by atoms with Gasteiger partial charge < -0.3 is 0 Å². The maximum absolute atomic E-state index is 10.9. The molecule has 3 aromatic rings. The van der Waals surface area contributed by atoms with Crippen LogP contribution in [-0.2, 0) is 0 Å². The Morgan fingerprint density at radius 1 is 0.964 bits per heavy atom. The number of carbonyl (C=O) groups excluding carboxylic acids is 1. The van der Waals surface area contributed by atoms with Gasteiger partial charge in [0.2, 0.25) is 0 Å². The van der Waals surface area contributed by atoms with Gasteiger partial charge in [-0.05, 0) is 47.5 Å². The van der Waals surface area contributed by atoms with Gasteiger partial charge in [-0.25, -0.2) is 0 Å². The monoisotopic (exact) mass is 371 g/mol. The highest BCUT2D eigenvalue weighted by molar-refractivity contribution is 6.03. The van der Waals surface area contributed by atoms with Crippen molar-refractivity contribution in [3.63, 3.8) is 0 Å². The van der Waals surface area contributed by atoms with Gasteiger partial charge in [-0.15, -0.1) is 0 Å². The van der Waals surface area contributed by atoms with Crippen LogP contribution in [0, 0.1) is 10.1 Å². The Morgan fingerprint density at radius 3 is 2.25 bits per heavy atom. The van der Waals surface area contributed by atoms with Crippen LogP contribution in [0.25, 0.3) is 0 Å². The molecule has 1 aliphatic rings. The molecule has 1 atom stereocenters. The minimum atomic E-state index is -0.409. The number of nitrogens with zero attached hydrogens (tertiary/aromatic N) is 3. The van der Waals surface area contributed by atoms with Gasteiger partial charge in [0.25, 0.3) is 5.69 Å². The normalized spacial score (nSPS) is 15.9. The third kappa shape index (κ3) is 3.40. The number of hydrogen-bond acceptors (Lipinski definition) is 5. The molecule has 0 aliphatic carbocycles. The highest BCUT2D eigenvalue weighted by Crippen LogP contribution is 2.36. The Labute approximate surface area is 161 Å². The summed E-state index contributed by atoms with van der Waals surface area (Å²) < 4.78 is 0. The lowest BCUT2D eigenvalue weighted by atomic mass is 9.98. The molecular weight excluding hydrogens is 354 g/mol. The maximum Gasteiger partial charge on any atom is 0.269 e. The predicted octanol–water partition coefficient (Wildman–Crippen LogP) is 4.76. The van der Waals surface area contributed by atoms with Gasteiger partial charge in [-0.3, -0.25) is 19.9 Å². The number of carbonyl (C=O) groups is 1. The fourth-order valence-corrected chi connectivity index (χ4v) is 3.34. The predicted molar refractivity (Wildman–Crippen MR) is 108 cm³/mol. The van der Waals surface area contributed by atoms with Gasteiger partial charge in [-0.1, -0.05) is 30.3 Å². The van der Waals surface area contributed by atoms with Crippen LogP contribution in [0.3, 0.4) is 0 Å². The Balaban J connectivity index is 1.71. The minimum Gasteiger partial charge on any atom is -0.298 e. The van der Waals surface area contributed by atoms with Gasteiger partial charge in [0.05, 0.1) is 22.4 Å². The summed E-state index contributed by atoms with van der Waals surface area (Å²) in [6, 6.07) is 23.8. The zero-order chi connectivity index (χ0) is 19.5. The standard InChI is InChI=1S/C22H17N3O3/c26-15-16-6-10-19(11-7-16)24-22(18-4-2-1-3-5-18)14-21(23-24)17-8-12-20(13-9-17)25(27)28/h1-13,15,22H,14H2/t22-/m0/s1. The Morgan fingerprint density at radius 2 is 1.64 bits per heavy atom. The zero-order valence-corrected chi connectivity index (χ0v) is 14.9. The lowest BCUT2D eigenvalue weighted by Gasteiger charge is -2.24. The van der Waals surface area contributed by atoms with Crippen molar-refractivity contribution in [2.75, 3.05) is 5.01 Å². The van der Waals surface area contributed by atoms with E-state index in [0.717, 1.165) is 28.8 Å². The van der Waals surface area contributed by atoms with Crippen molar-refractivity contribution in [1.29, 1.82) is 0 Å².